The molecule has 2 rings (SSSR count). The zero-order chi connectivity index (χ0) is 15.2. The standard InChI is InChI=1S/C17H16F2O2/c1-12-11-15(8-9-16(12)19)21-10-2-3-17(20)13-4-6-14(18)7-5-13/h4-9,11H,2-3,10H2,1H3. The number of Topliss-reactive ketones (excluding diaryl/α,β-unsaturated/α-hetero) is 1. The van der Waals surface area contributed by atoms with Gasteiger partial charge in [0.05, 0.1) is 6.61 Å². The molecule has 2 aromatic carbocycles. The molecule has 0 saturated heterocycles. The van der Waals surface area contributed by atoms with Crippen molar-refractivity contribution in [2.45, 2.75) is 19.8 Å². The highest BCUT2D eigenvalue weighted by Gasteiger charge is 2.06. The Bertz CT molecular complexity index is 621. The summed E-state index contributed by atoms with van der Waals surface area (Å²) in [6.07, 6.45) is 0.873. The second-order valence-corrected chi connectivity index (χ2v) is 4.79. The van der Waals surface area contributed by atoms with E-state index in [0.29, 0.717) is 36.3 Å². The quantitative estimate of drug-likeness (QED) is 0.585. The highest BCUT2D eigenvalue weighted by molar-refractivity contribution is 5.95. The summed E-state index contributed by atoms with van der Waals surface area (Å²) in [7, 11) is 0. The minimum Gasteiger partial charge on any atom is -0.494 e. The Morgan fingerprint density at radius 3 is 2.48 bits per heavy atom. The van der Waals surface area contributed by atoms with E-state index in [9.17, 15) is 13.6 Å². The van der Waals surface area contributed by atoms with Crippen LogP contribution in [0.1, 0.15) is 28.8 Å². The molecular weight excluding hydrogens is 274 g/mol. The molecule has 0 aliphatic heterocycles. The lowest BCUT2D eigenvalue weighted by Crippen LogP contribution is -2.04. The van der Waals surface area contributed by atoms with Gasteiger partial charge in [-0.3, -0.25) is 4.79 Å². The van der Waals surface area contributed by atoms with Gasteiger partial charge >= 0.3 is 0 Å². The molecule has 2 aromatic rings. The van der Waals surface area contributed by atoms with Crippen LogP contribution in [0.2, 0.25) is 0 Å². The number of carbonyl (C=O) groups is 1. The largest absolute Gasteiger partial charge is 0.494 e. The SMILES string of the molecule is Cc1cc(OCCCC(=O)c2ccc(F)cc2)ccc1F. The Balaban J connectivity index is 1.77. The molecule has 21 heavy (non-hydrogen) atoms. The summed E-state index contributed by atoms with van der Waals surface area (Å²) in [6.45, 7) is 2.04. The first-order valence-corrected chi connectivity index (χ1v) is 6.74. The number of rotatable bonds is 6. The van der Waals surface area contributed by atoms with Gasteiger partial charge in [0.2, 0.25) is 0 Å². The lowest BCUT2D eigenvalue weighted by Gasteiger charge is -2.07. The molecular formula is C17H16F2O2. The van der Waals surface area contributed by atoms with E-state index in [2.05, 4.69) is 0 Å². The third-order valence-electron chi connectivity index (χ3n) is 3.11. The van der Waals surface area contributed by atoms with E-state index in [0.717, 1.165) is 0 Å². The Morgan fingerprint density at radius 1 is 1.10 bits per heavy atom. The lowest BCUT2D eigenvalue weighted by molar-refractivity contribution is 0.0973. The number of aryl methyl sites for hydroxylation is 1. The summed E-state index contributed by atoms with van der Waals surface area (Å²) in [4.78, 5) is 11.8. The van der Waals surface area contributed by atoms with Crippen LogP contribution in [-0.2, 0) is 0 Å². The van der Waals surface area contributed by atoms with Crippen molar-refractivity contribution in [2.75, 3.05) is 6.61 Å². The van der Waals surface area contributed by atoms with Gasteiger partial charge in [0.25, 0.3) is 0 Å². The molecule has 0 unspecified atom stereocenters. The van der Waals surface area contributed by atoms with E-state index in [1.54, 1.807) is 19.1 Å². The number of hydrogen-bond acceptors (Lipinski definition) is 2. The minimum absolute atomic E-state index is 0.0473. The molecule has 0 spiro atoms. The maximum absolute atomic E-state index is 13.1. The van der Waals surface area contributed by atoms with Crippen molar-refractivity contribution in [3.05, 3.63) is 65.2 Å². The van der Waals surface area contributed by atoms with Crippen LogP contribution < -0.4 is 4.74 Å². The first-order valence-electron chi connectivity index (χ1n) is 6.74. The molecule has 2 nitrogen and oxygen atoms in total. The lowest BCUT2D eigenvalue weighted by atomic mass is 10.1. The number of benzene rings is 2. The van der Waals surface area contributed by atoms with Crippen molar-refractivity contribution in [3.63, 3.8) is 0 Å². The predicted molar refractivity (Wildman–Crippen MR) is 76.6 cm³/mol. The molecule has 0 saturated carbocycles. The first-order chi connectivity index (χ1) is 10.1. The van der Waals surface area contributed by atoms with E-state index in [4.69, 9.17) is 4.74 Å². The maximum atomic E-state index is 13.1. The molecule has 4 heteroatoms. The fourth-order valence-corrected chi connectivity index (χ4v) is 1.91. The molecule has 0 atom stereocenters. The average Bonchev–Trinajstić information content (AvgIpc) is 2.47. The molecule has 0 heterocycles. The van der Waals surface area contributed by atoms with Gasteiger partial charge in [-0.05, 0) is 61.4 Å². The first kappa shape index (κ1) is 15.2. The van der Waals surface area contributed by atoms with Crippen molar-refractivity contribution >= 4 is 5.78 Å². The third-order valence-corrected chi connectivity index (χ3v) is 3.11. The van der Waals surface area contributed by atoms with Crippen LogP contribution in [0.5, 0.6) is 5.75 Å². The molecule has 0 radical (unpaired) electrons. The summed E-state index contributed by atoms with van der Waals surface area (Å²) in [5.74, 6) is -0.0904. The molecule has 0 aliphatic rings. The summed E-state index contributed by atoms with van der Waals surface area (Å²) < 4.78 is 31.3. The van der Waals surface area contributed by atoms with Crippen molar-refractivity contribution in [3.8, 4) is 5.75 Å². The van der Waals surface area contributed by atoms with Gasteiger partial charge in [0, 0.05) is 12.0 Å². The Labute approximate surface area is 122 Å². The average molecular weight is 290 g/mol. The van der Waals surface area contributed by atoms with Gasteiger partial charge in [-0.15, -0.1) is 0 Å². The van der Waals surface area contributed by atoms with E-state index >= 15 is 0 Å². The van der Waals surface area contributed by atoms with Gasteiger partial charge < -0.3 is 4.74 Å². The van der Waals surface area contributed by atoms with Crippen LogP contribution in [0.3, 0.4) is 0 Å². The van der Waals surface area contributed by atoms with Gasteiger partial charge in [0.15, 0.2) is 5.78 Å². The van der Waals surface area contributed by atoms with E-state index in [1.807, 2.05) is 0 Å². The molecule has 0 amide bonds. The van der Waals surface area contributed by atoms with Crippen molar-refractivity contribution < 1.29 is 18.3 Å². The van der Waals surface area contributed by atoms with Crippen LogP contribution in [0, 0.1) is 18.6 Å². The fraction of sp³-hybridized carbons (Fsp3) is 0.235. The smallest absolute Gasteiger partial charge is 0.163 e. The van der Waals surface area contributed by atoms with Crippen LogP contribution in [0.4, 0.5) is 8.78 Å². The molecule has 0 aliphatic carbocycles. The van der Waals surface area contributed by atoms with E-state index in [-0.39, 0.29) is 17.4 Å². The Kier molecular flexibility index (Phi) is 5.04. The molecule has 0 fully saturated rings. The van der Waals surface area contributed by atoms with Crippen LogP contribution in [-0.4, -0.2) is 12.4 Å². The zero-order valence-corrected chi connectivity index (χ0v) is 11.7. The predicted octanol–water partition coefficient (Wildman–Crippen LogP) is 4.32. The van der Waals surface area contributed by atoms with Crippen molar-refractivity contribution in [2.24, 2.45) is 0 Å². The van der Waals surface area contributed by atoms with Crippen molar-refractivity contribution in [1.29, 1.82) is 0 Å². The Morgan fingerprint density at radius 2 is 1.81 bits per heavy atom. The molecule has 0 aromatic heterocycles. The summed E-state index contributed by atoms with van der Waals surface area (Å²) in [5, 5.41) is 0. The minimum atomic E-state index is -0.360. The monoisotopic (exact) mass is 290 g/mol. The number of halogens is 2. The molecule has 0 bridgehead atoms. The van der Waals surface area contributed by atoms with Gasteiger partial charge in [-0.1, -0.05) is 0 Å². The number of hydrogen-bond donors (Lipinski definition) is 0. The van der Waals surface area contributed by atoms with Crippen LogP contribution in [0.25, 0.3) is 0 Å². The second-order valence-electron chi connectivity index (χ2n) is 4.79. The molecule has 0 N–H and O–H groups in total. The highest BCUT2D eigenvalue weighted by atomic mass is 19.1. The van der Waals surface area contributed by atoms with Gasteiger partial charge in [-0.2, -0.15) is 0 Å². The third kappa shape index (κ3) is 4.38. The normalized spacial score (nSPS) is 10.4. The summed E-state index contributed by atoms with van der Waals surface area (Å²) in [5.41, 5.74) is 1.02. The van der Waals surface area contributed by atoms with E-state index < -0.39 is 0 Å². The number of ether oxygens (including phenoxy) is 1. The van der Waals surface area contributed by atoms with Crippen LogP contribution >= 0.6 is 0 Å². The van der Waals surface area contributed by atoms with Crippen molar-refractivity contribution in [1.82, 2.24) is 0 Å². The number of ketones is 1. The van der Waals surface area contributed by atoms with Gasteiger partial charge in [0.1, 0.15) is 17.4 Å². The summed E-state index contributed by atoms with van der Waals surface area (Å²) >= 11 is 0. The number of carbonyl (C=O) groups excluding carboxylic acids is 1. The Hall–Kier alpha value is -2.23. The fourth-order valence-electron chi connectivity index (χ4n) is 1.91. The second kappa shape index (κ2) is 6.97. The maximum Gasteiger partial charge on any atom is 0.163 e. The zero-order valence-electron chi connectivity index (χ0n) is 11.7. The highest BCUT2D eigenvalue weighted by Crippen LogP contribution is 2.16. The van der Waals surface area contributed by atoms with E-state index in [1.165, 1.54) is 30.3 Å². The topological polar surface area (TPSA) is 26.3 Å². The van der Waals surface area contributed by atoms with Gasteiger partial charge in [-0.25, -0.2) is 8.78 Å². The van der Waals surface area contributed by atoms with Crippen LogP contribution in [0.15, 0.2) is 42.5 Å². The summed E-state index contributed by atoms with van der Waals surface area (Å²) in [6, 6.07) is 10.0. The molecule has 110 valence electrons.